The number of nitrogens with one attached hydrogen (secondary N) is 2. The van der Waals surface area contributed by atoms with Gasteiger partial charge in [0.15, 0.2) is 5.96 Å². The van der Waals surface area contributed by atoms with Gasteiger partial charge in [0.1, 0.15) is 5.75 Å². The van der Waals surface area contributed by atoms with E-state index in [9.17, 15) is 10.1 Å². The molecule has 160 valence electrons. The molecule has 1 aliphatic rings. The van der Waals surface area contributed by atoms with E-state index in [1.54, 1.807) is 25.2 Å². The summed E-state index contributed by atoms with van der Waals surface area (Å²) in [7, 11) is 1.67. The molecule has 8 heteroatoms. The van der Waals surface area contributed by atoms with E-state index in [2.05, 4.69) is 15.6 Å². The van der Waals surface area contributed by atoms with Crippen molar-refractivity contribution in [1.29, 1.82) is 0 Å². The second-order valence-corrected chi connectivity index (χ2v) is 7.32. The molecular formula is C22H28N4O4. The molecule has 1 heterocycles. The van der Waals surface area contributed by atoms with Crippen molar-refractivity contribution in [3.8, 4) is 5.75 Å². The summed E-state index contributed by atoms with van der Waals surface area (Å²) in [6.07, 6.45) is 1.03. The van der Waals surface area contributed by atoms with Crippen LogP contribution >= 0.6 is 0 Å². The van der Waals surface area contributed by atoms with Gasteiger partial charge in [0.05, 0.1) is 18.1 Å². The Morgan fingerprint density at radius 2 is 2.00 bits per heavy atom. The number of rotatable bonds is 8. The number of ether oxygens (including phenoxy) is 2. The topological polar surface area (TPSA) is 98.0 Å². The van der Waals surface area contributed by atoms with Crippen molar-refractivity contribution in [1.82, 2.24) is 10.6 Å². The Kier molecular flexibility index (Phi) is 7.62. The number of aliphatic imine (C=N–C) groups is 1. The van der Waals surface area contributed by atoms with Crippen molar-refractivity contribution in [2.24, 2.45) is 10.9 Å². The Labute approximate surface area is 176 Å². The number of nitrogens with zero attached hydrogens (tertiary/aromatic N) is 2. The SMILES string of the molecule is CN=C(NCc1ccc(C)cc1OCC1CCOC1)NCc1ccccc1[N+](=O)[O-]. The lowest BCUT2D eigenvalue weighted by molar-refractivity contribution is -0.385. The van der Waals surface area contributed by atoms with E-state index < -0.39 is 0 Å². The summed E-state index contributed by atoms with van der Waals surface area (Å²) in [6, 6.07) is 12.8. The molecule has 1 fully saturated rings. The first kappa shape index (κ1) is 21.6. The smallest absolute Gasteiger partial charge is 0.274 e. The molecule has 1 aliphatic heterocycles. The molecule has 0 saturated carbocycles. The summed E-state index contributed by atoms with van der Waals surface area (Å²) in [6.45, 7) is 5.06. The number of para-hydroxylation sites is 1. The van der Waals surface area contributed by atoms with Crippen LogP contribution in [-0.4, -0.2) is 37.8 Å². The molecule has 0 bridgehead atoms. The summed E-state index contributed by atoms with van der Waals surface area (Å²) in [4.78, 5) is 15.0. The fourth-order valence-corrected chi connectivity index (χ4v) is 3.28. The Hall–Kier alpha value is -3.13. The van der Waals surface area contributed by atoms with Crippen LogP contribution in [0.4, 0.5) is 5.69 Å². The largest absolute Gasteiger partial charge is 0.493 e. The highest BCUT2D eigenvalue weighted by Gasteiger charge is 2.17. The van der Waals surface area contributed by atoms with Gasteiger partial charge in [0.25, 0.3) is 5.69 Å². The van der Waals surface area contributed by atoms with Gasteiger partial charge in [-0.25, -0.2) is 0 Å². The van der Waals surface area contributed by atoms with E-state index in [0.717, 1.165) is 36.5 Å². The van der Waals surface area contributed by atoms with Gasteiger partial charge < -0.3 is 20.1 Å². The van der Waals surface area contributed by atoms with Crippen LogP contribution in [0, 0.1) is 23.0 Å². The van der Waals surface area contributed by atoms with Crippen LogP contribution in [0.3, 0.4) is 0 Å². The summed E-state index contributed by atoms with van der Waals surface area (Å²) in [5, 5.41) is 17.6. The van der Waals surface area contributed by atoms with E-state index >= 15 is 0 Å². The lowest BCUT2D eigenvalue weighted by Gasteiger charge is -2.17. The van der Waals surface area contributed by atoms with Crippen molar-refractivity contribution in [2.75, 3.05) is 26.9 Å². The zero-order chi connectivity index (χ0) is 21.3. The first-order valence-electron chi connectivity index (χ1n) is 10.0. The van der Waals surface area contributed by atoms with Crippen LogP contribution in [0.2, 0.25) is 0 Å². The maximum Gasteiger partial charge on any atom is 0.274 e. The average molecular weight is 412 g/mol. The monoisotopic (exact) mass is 412 g/mol. The fourth-order valence-electron chi connectivity index (χ4n) is 3.28. The van der Waals surface area contributed by atoms with Crippen molar-refractivity contribution in [3.63, 3.8) is 0 Å². The van der Waals surface area contributed by atoms with Crippen LogP contribution < -0.4 is 15.4 Å². The molecule has 1 unspecified atom stereocenters. The van der Waals surface area contributed by atoms with Crippen LogP contribution in [-0.2, 0) is 17.8 Å². The van der Waals surface area contributed by atoms with E-state index in [1.165, 1.54) is 6.07 Å². The van der Waals surface area contributed by atoms with E-state index in [4.69, 9.17) is 9.47 Å². The van der Waals surface area contributed by atoms with Crippen LogP contribution in [0.15, 0.2) is 47.5 Å². The van der Waals surface area contributed by atoms with E-state index in [0.29, 0.717) is 37.1 Å². The van der Waals surface area contributed by atoms with Gasteiger partial charge in [-0.1, -0.05) is 30.3 Å². The molecule has 8 nitrogen and oxygen atoms in total. The summed E-state index contributed by atoms with van der Waals surface area (Å²) < 4.78 is 11.5. The zero-order valence-electron chi connectivity index (χ0n) is 17.4. The molecule has 0 radical (unpaired) electrons. The number of guanidine groups is 1. The number of hydrogen-bond acceptors (Lipinski definition) is 5. The Morgan fingerprint density at radius 3 is 2.70 bits per heavy atom. The van der Waals surface area contributed by atoms with E-state index in [-0.39, 0.29) is 10.6 Å². The minimum Gasteiger partial charge on any atom is -0.493 e. The number of hydrogen-bond donors (Lipinski definition) is 2. The van der Waals surface area contributed by atoms with Crippen LogP contribution in [0.5, 0.6) is 5.75 Å². The second-order valence-electron chi connectivity index (χ2n) is 7.32. The number of benzene rings is 2. The van der Waals surface area contributed by atoms with Crippen molar-refractivity contribution in [3.05, 3.63) is 69.3 Å². The lowest BCUT2D eigenvalue weighted by Crippen LogP contribution is -2.36. The highest BCUT2D eigenvalue weighted by Crippen LogP contribution is 2.23. The maximum absolute atomic E-state index is 11.2. The standard InChI is InChI=1S/C22H28N4O4/c1-16-7-8-19(21(11-16)30-15-17-9-10-29-14-17)13-25-22(23-2)24-12-18-5-3-4-6-20(18)26(27)28/h3-8,11,17H,9-10,12-15H2,1-2H3,(H2,23,24,25). The third-order valence-electron chi connectivity index (χ3n) is 5.03. The minimum absolute atomic E-state index is 0.0885. The van der Waals surface area contributed by atoms with Crippen LogP contribution in [0.1, 0.15) is 23.1 Å². The molecule has 0 spiro atoms. The Morgan fingerprint density at radius 1 is 1.23 bits per heavy atom. The van der Waals surface area contributed by atoms with Gasteiger partial charge in [-0.05, 0) is 25.0 Å². The number of nitro groups is 1. The van der Waals surface area contributed by atoms with Gasteiger partial charge in [-0.15, -0.1) is 0 Å². The Bertz CT molecular complexity index is 894. The van der Waals surface area contributed by atoms with Gasteiger partial charge >= 0.3 is 0 Å². The molecular weight excluding hydrogens is 384 g/mol. The first-order chi connectivity index (χ1) is 14.6. The normalized spacial score (nSPS) is 16.3. The first-order valence-corrected chi connectivity index (χ1v) is 10.0. The number of nitro benzene ring substituents is 1. The third-order valence-corrected chi connectivity index (χ3v) is 5.03. The molecule has 2 N–H and O–H groups in total. The molecule has 1 atom stereocenters. The van der Waals surface area contributed by atoms with Gasteiger partial charge in [-0.3, -0.25) is 15.1 Å². The minimum atomic E-state index is -0.376. The lowest BCUT2D eigenvalue weighted by atomic mass is 10.1. The summed E-state index contributed by atoms with van der Waals surface area (Å²) >= 11 is 0. The average Bonchev–Trinajstić information content (AvgIpc) is 3.27. The molecule has 0 amide bonds. The van der Waals surface area contributed by atoms with Crippen molar-refractivity contribution >= 4 is 11.6 Å². The van der Waals surface area contributed by atoms with Crippen molar-refractivity contribution < 1.29 is 14.4 Å². The zero-order valence-corrected chi connectivity index (χ0v) is 17.4. The summed E-state index contributed by atoms with van der Waals surface area (Å²) in [5.74, 6) is 1.84. The quantitative estimate of drug-likeness (QED) is 0.299. The van der Waals surface area contributed by atoms with Crippen LogP contribution in [0.25, 0.3) is 0 Å². The molecule has 0 aromatic heterocycles. The molecule has 0 aliphatic carbocycles. The maximum atomic E-state index is 11.2. The summed E-state index contributed by atoms with van der Waals surface area (Å²) in [5.41, 5.74) is 2.85. The predicted octanol–water partition coefficient (Wildman–Crippen LogP) is 3.18. The fraction of sp³-hybridized carbons (Fsp3) is 0.409. The second kappa shape index (κ2) is 10.6. The molecule has 30 heavy (non-hydrogen) atoms. The molecule has 2 aromatic carbocycles. The highest BCUT2D eigenvalue weighted by molar-refractivity contribution is 5.79. The highest BCUT2D eigenvalue weighted by atomic mass is 16.6. The third kappa shape index (κ3) is 5.93. The Balaban J connectivity index is 1.59. The molecule has 3 rings (SSSR count). The van der Waals surface area contributed by atoms with Gasteiger partial charge in [-0.2, -0.15) is 0 Å². The van der Waals surface area contributed by atoms with Crippen molar-refractivity contribution in [2.45, 2.75) is 26.4 Å². The number of aryl methyl sites for hydroxylation is 1. The predicted molar refractivity (Wildman–Crippen MR) is 116 cm³/mol. The van der Waals surface area contributed by atoms with Gasteiger partial charge in [0, 0.05) is 49.9 Å². The van der Waals surface area contributed by atoms with E-state index in [1.807, 2.05) is 25.1 Å². The van der Waals surface area contributed by atoms with Gasteiger partial charge in [0.2, 0.25) is 0 Å². The molecule has 1 saturated heterocycles. The molecule has 2 aromatic rings.